The average Bonchev–Trinajstić information content (AvgIpc) is 2.52. The molecule has 0 radical (unpaired) electrons. The van der Waals surface area contributed by atoms with E-state index in [2.05, 4.69) is 26.0 Å². The van der Waals surface area contributed by atoms with Crippen molar-refractivity contribution >= 4 is 43.2 Å². The maximum absolute atomic E-state index is 11.9. The molecule has 25 heavy (non-hydrogen) atoms. The number of carbonyl (C=O) groups is 1. The van der Waals surface area contributed by atoms with Gasteiger partial charge < -0.3 is 10.1 Å². The van der Waals surface area contributed by atoms with Crippen molar-refractivity contribution < 1.29 is 17.9 Å². The van der Waals surface area contributed by atoms with E-state index in [1.165, 1.54) is 0 Å². The molecular formula is C17H19BrN2O4S. The van der Waals surface area contributed by atoms with Crippen LogP contribution in [0.1, 0.15) is 12.8 Å². The number of rotatable bonds is 8. The molecule has 0 spiro atoms. The largest absolute Gasteiger partial charge is 0.494 e. The molecule has 0 heterocycles. The first kappa shape index (κ1) is 19.3. The van der Waals surface area contributed by atoms with Gasteiger partial charge in [0.2, 0.25) is 15.9 Å². The lowest BCUT2D eigenvalue weighted by Gasteiger charge is -2.08. The van der Waals surface area contributed by atoms with E-state index in [0.29, 0.717) is 30.8 Å². The van der Waals surface area contributed by atoms with Gasteiger partial charge in [-0.15, -0.1) is 0 Å². The molecule has 0 aromatic heterocycles. The highest BCUT2D eigenvalue weighted by Gasteiger charge is 2.05. The summed E-state index contributed by atoms with van der Waals surface area (Å²) >= 11 is 3.37. The van der Waals surface area contributed by atoms with E-state index < -0.39 is 10.0 Å². The van der Waals surface area contributed by atoms with E-state index in [1.807, 2.05) is 24.3 Å². The number of anilines is 2. The number of halogens is 1. The molecule has 134 valence electrons. The lowest BCUT2D eigenvalue weighted by molar-refractivity contribution is -0.116. The van der Waals surface area contributed by atoms with Crippen LogP contribution in [0.2, 0.25) is 0 Å². The number of sulfonamides is 1. The van der Waals surface area contributed by atoms with Gasteiger partial charge >= 0.3 is 0 Å². The number of hydrogen-bond acceptors (Lipinski definition) is 4. The summed E-state index contributed by atoms with van der Waals surface area (Å²) in [6.45, 7) is 0.446. The van der Waals surface area contributed by atoms with Gasteiger partial charge in [-0.05, 0) is 48.9 Å². The Kier molecular flexibility index (Phi) is 6.83. The molecule has 1 amide bonds. The summed E-state index contributed by atoms with van der Waals surface area (Å²) in [5.74, 6) is 0.630. The monoisotopic (exact) mass is 426 g/mol. The summed E-state index contributed by atoms with van der Waals surface area (Å²) in [4.78, 5) is 11.9. The quantitative estimate of drug-likeness (QED) is 0.631. The molecule has 0 aliphatic heterocycles. The van der Waals surface area contributed by atoms with Crippen LogP contribution >= 0.6 is 15.9 Å². The van der Waals surface area contributed by atoms with E-state index in [4.69, 9.17) is 4.74 Å². The minimum atomic E-state index is -3.31. The van der Waals surface area contributed by atoms with Crippen LogP contribution in [0.15, 0.2) is 53.0 Å². The molecule has 0 atom stereocenters. The predicted octanol–water partition coefficient (Wildman–Crippen LogP) is 3.62. The standard InChI is InChI=1S/C17H19BrN2O4S/c1-25(22,23)20-15-9-7-14(8-10-15)19-17(21)6-3-11-24-16-5-2-4-13(18)12-16/h2,4-5,7-10,12,20H,3,6,11H2,1H3,(H,19,21). The zero-order valence-corrected chi connectivity index (χ0v) is 16.1. The fraction of sp³-hybridized carbons (Fsp3) is 0.235. The fourth-order valence-electron chi connectivity index (χ4n) is 2.04. The van der Waals surface area contributed by atoms with Gasteiger partial charge in [-0.2, -0.15) is 0 Å². The third kappa shape index (κ3) is 7.57. The molecule has 2 aromatic carbocycles. The summed E-state index contributed by atoms with van der Waals surface area (Å²) in [5, 5.41) is 2.76. The number of hydrogen-bond donors (Lipinski definition) is 2. The number of amides is 1. The molecule has 2 rings (SSSR count). The fourth-order valence-corrected chi connectivity index (χ4v) is 2.98. The van der Waals surface area contributed by atoms with Crippen LogP contribution < -0.4 is 14.8 Å². The minimum absolute atomic E-state index is 0.123. The smallest absolute Gasteiger partial charge is 0.229 e. The third-order valence-corrected chi connectivity index (χ3v) is 4.18. The van der Waals surface area contributed by atoms with Crippen LogP contribution in [0, 0.1) is 0 Å². The second kappa shape index (κ2) is 8.87. The van der Waals surface area contributed by atoms with Crippen molar-refractivity contribution in [2.75, 3.05) is 22.9 Å². The molecule has 2 N–H and O–H groups in total. The molecule has 8 heteroatoms. The van der Waals surface area contributed by atoms with Gasteiger partial charge in [0.15, 0.2) is 0 Å². The second-order valence-electron chi connectivity index (χ2n) is 5.41. The Morgan fingerprint density at radius 3 is 2.44 bits per heavy atom. The molecule has 0 unspecified atom stereocenters. The lowest BCUT2D eigenvalue weighted by Crippen LogP contribution is -2.13. The highest BCUT2D eigenvalue weighted by atomic mass is 79.9. The van der Waals surface area contributed by atoms with Crippen LogP contribution in [0.4, 0.5) is 11.4 Å². The van der Waals surface area contributed by atoms with Gasteiger partial charge in [0, 0.05) is 22.3 Å². The summed E-state index contributed by atoms with van der Waals surface area (Å²) in [6.07, 6.45) is 2.00. The van der Waals surface area contributed by atoms with Crippen LogP contribution in [-0.4, -0.2) is 27.2 Å². The highest BCUT2D eigenvalue weighted by Crippen LogP contribution is 2.18. The maximum atomic E-state index is 11.9. The van der Waals surface area contributed by atoms with Gasteiger partial charge in [-0.3, -0.25) is 9.52 Å². The normalized spacial score (nSPS) is 11.0. The first-order chi connectivity index (χ1) is 11.8. The maximum Gasteiger partial charge on any atom is 0.229 e. The number of ether oxygens (including phenoxy) is 1. The van der Waals surface area contributed by atoms with Crippen molar-refractivity contribution in [3.05, 3.63) is 53.0 Å². The van der Waals surface area contributed by atoms with Crippen LogP contribution in [0.25, 0.3) is 0 Å². The first-order valence-electron chi connectivity index (χ1n) is 7.58. The number of benzene rings is 2. The van der Waals surface area contributed by atoms with E-state index in [1.54, 1.807) is 24.3 Å². The second-order valence-corrected chi connectivity index (χ2v) is 8.07. The van der Waals surface area contributed by atoms with Gasteiger partial charge in [-0.25, -0.2) is 8.42 Å². The molecule has 2 aromatic rings. The van der Waals surface area contributed by atoms with Crippen molar-refractivity contribution in [1.29, 1.82) is 0 Å². The zero-order chi connectivity index (χ0) is 18.3. The molecule has 0 saturated heterocycles. The topological polar surface area (TPSA) is 84.5 Å². The molecule has 0 aliphatic carbocycles. The Balaban J connectivity index is 1.73. The van der Waals surface area contributed by atoms with E-state index in [0.717, 1.165) is 16.5 Å². The Morgan fingerprint density at radius 2 is 1.80 bits per heavy atom. The first-order valence-corrected chi connectivity index (χ1v) is 10.3. The van der Waals surface area contributed by atoms with E-state index in [9.17, 15) is 13.2 Å². The lowest BCUT2D eigenvalue weighted by atomic mass is 10.2. The SMILES string of the molecule is CS(=O)(=O)Nc1ccc(NC(=O)CCCOc2cccc(Br)c2)cc1. The Bertz CT molecular complexity index is 823. The van der Waals surface area contributed by atoms with Gasteiger partial charge in [0.1, 0.15) is 5.75 Å². The summed E-state index contributed by atoms with van der Waals surface area (Å²) in [5.41, 5.74) is 1.06. The Labute approximate surface area is 155 Å². The summed E-state index contributed by atoms with van der Waals surface area (Å²) in [7, 11) is -3.31. The van der Waals surface area contributed by atoms with Crippen molar-refractivity contribution in [3.63, 3.8) is 0 Å². The predicted molar refractivity (Wildman–Crippen MR) is 102 cm³/mol. The highest BCUT2D eigenvalue weighted by molar-refractivity contribution is 9.10. The van der Waals surface area contributed by atoms with Crippen molar-refractivity contribution in [2.45, 2.75) is 12.8 Å². The summed E-state index contributed by atoms with van der Waals surface area (Å²) in [6, 6.07) is 14.0. The number of nitrogens with one attached hydrogen (secondary N) is 2. The van der Waals surface area contributed by atoms with Crippen molar-refractivity contribution in [3.8, 4) is 5.75 Å². The molecule has 0 bridgehead atoms. The number of carbonyl (C=O) groups excluding carboxylic acids is 1. The molecule has 0 saturated carbocycles. The van der Waals surface area contributed by atoms with Crippen molar-refractivity contribution in [2.24, 2.45) is 0 Å². The summed E-state index contributed by atoms with van der Waals surface area (Å²) < 4.78 is 31.2. The van der Waals surface area contributed by atoms with E-state index in [-0.39, 0.29) is 5.91 Å². The Morgan fingerprint density at radius 1 is 1.12 bits per heavy atom. The van der Waals surface area contributed by atoms with Crippen LogP contribution in [0.3, 0.4) is 0 Å². The molecule has 0 aliphatic rings. The van der Waals surface area contributed by atoms with Gasteiger partial charge in [-0.1, -0.05) is 22.0 Å². The van der Waals surface area contributed by atoms with Crippen LogP contribution in [-0.2, 0) is 14.8 Å². The van der Waals surface area contributed by atoms with Crippen molar-refractivity contribution in [1.82, 2.24) is 0 Å². The minimum Gasteiger partial charge on any atom is -0.494 e. The average molecular weight is 427 g/mol. The molecular weight excluding hydrogens is 408 g/mol. The third-order valence-electron chi connectivity index (χ3n) is 3.08. The zero-order valence-electron chi connectivity index (χ0n) is 13.7. The molecule has 6 nitrogen and oxygen atoms in total. The van der Waals surface area contributed by atoms with E-state index >= 15 is 0 Å². The Hall–Kier alpha value is -2.06. The van der Waals surface area contributed by atoms with Crippen LogP contribution in [0.5, 0.6) is 5.75 Å². The van der Waals surface area contributed by atoms with Gasteiger partial charge in [0.05, 0.1) is 12.9 Å². The molecule has 0 fully saturated rings. The van der Waals surface area contributed by atoms with Gasteiger partial charge in [0.25, 0.3) is 0 Å².